The number of hydrogen-bond acceptors (Lipinski definition) is 5. The van der Waals surface area contributed by atoms with Crippen molar-refractivity contribution in [3.8, 4) is 0 Å². The minimum atomic E-state index is -0.763. The van der Waals surface area contributed by atoms with Crippen molar-refractivity contribution in [1.82, 2.24) is 5.32 Å². The highest BCUT2D eigenvalue weighted by atomic mass is 16.6. The monoisotopic (exact) mass is 343 g/mol. The van der Waals surface area contributed by atoms with E-state index in [2.05, 4.69) is 5.32 Å². The van der Waals surface area contributed by atoms with Crippen molar-refractivity contribution in [2.45, 2.75) is 26.3 Å². The molecule has 1 N–H and O–H groups in total. The summed E-state index contributed by atoms with van der Waals surface area (Å²) in [5.74, 6) is -0.598. The van der Waals surface area contributed by atoms with E-state index in [-0.39, 0.29) is 11.6 Å². The molecule has 1 unspecified atom stereocenters. The second-order valence-corrected chi connectivity index (χ2v) is 5.60. The van der Waals surface area contributed by atoms with E-state index < -0.39 is 27.1 Å². The molecule has 0 saturated heterocycles. The Morgan fingerprint density at radius 3 is 2.00 bits per heavy atom. The number of nitro groups is 2. The molecule has 0 spiro atoms. The lowest BCUT2D eigenvalue weighted by molar-refractivity contribution is -0.394. The van der Waals surface area contributed by atoms with Crippen LogP contribution in [-0.4, -0.2) is 15.8 Å². The molecule has 0 heterocycles. The Balaban J connectivity index is 2.31. The van der Waals surface area contributed by atoms with Gasteiger partial charge in [0.1, 0.15) is 0 Å². The van der Waals surface area contributed by atoms with Crippen molar-refractivity contribution in [2.75, 3.05) is 0 Å². The van der Waals surface area contributed by atoms with Crippen molar-refractivity contribution in [1.29, 1.82) is 0 Å². The summed E-state index contributed by atoms with van der Waals surface area (Å²) in [7, 11) is 0. The molecule has 2 rings (SSSR count). The number of nitrogens with zero attached hydrogens (tertiary/aromatic N) is 2. The van der Waals surface area contributed by atoms with E-state index in [0.717, 1.165) is 29.3 Å². The molecule has 0 radical (unpaired) electrons. The van der Waals surface area contributed by atoms with Gasteiger partial charge in [-0.25, -0.2) is 0 Å². The first-order valence-electron chi connectivity index (χ1n) is 7.63. The van der Waals surface area contributed by atoms with Gasteiger partial charge < -0.3 is 5.32 Å². The Hall–Kier alpha value is -3.29. The minimum Gasteiger partial charge on any atom is -0.345 e. The van der Waals surface area contributed by atoms with Gasteiger partial charge in [-0.2, -0.15) is 0 Å². The lowest BCUT2D eigenvalue weighted by Crippen LogP contribution is -2.28. The molecule has 0 aliphatic carbocycles. The highest BCUT2D eigenvalue weighted by Gasteiger charge is 2.21. The van der Waals surface area contributed by atoms with Gasteiger partial charge in [0.15, 0.2) is 0 Å². The number of carbonyl (C=O) groups excluding carboxylic acids is 1. The van der Waals surface area contributed by atoms with Crippen LogP contribution in [0.3, 0.4) is 0 Å². The number of carbonyl (C=O) groups is 1. The molecule has 0 fully saturated rings. The second kappa shape index (κ2) is 7.52. The van der Waals surface area contributed by atoms with Gasteiger partial charge in [-0.1, -0.05) is 36.8 Å². The van der Waals surface area contributed by atoms with Gasteiger partial charge in [0.05, 0.1) is 27.5 Å². The molecule has 130 valence electrons. The zero-order chi connectivity index (χ0) is 18.6. The standard InChI is InChI=1S/C17H17N3O5/c1-3-16(12-6-4-11(2)5-7-12)18-17(21)13-8-14(19(22)23)10-15(9-13)20(24)25/h4-10,16H,3H2,1-2H3,(H,18,21). The number of nitrogens with one attached hydrogen (secondary N) is 1. The normalized spacial score (nSPS) is 11.6. The molecule has 2 aromatic carbocycles. The highest BCUT2D eigenvalue weighted by molar-refractivity contribution is 5.95. The van der Waals surface area contributed by atoms with Crippen molar-refractivity contribution in [3.05, 3.63) is 79.4 Å². The Kier molecular flexibility index (Phi) is 5.43. The average Bonchev–Trinajstić information content (AvgIpc) is 2.59. The predicted octanol–water partition coefficient (Wildman–Crippen LogP) is 3.69. The van der Waals surface area contributed by atoms with Gasteiger partial charge in [-0.3, -0.25) is 25.0 Å². The number of aryl methyl sites for hydroxylation is 1. The zero-order valence-corrected chi connectivity index (χ0v) is 13.8. The summed E-state index contributed by atoms with van der Waals surface area (Å²) < 4.78 is 0. The van der Waals surface area contributed by atoms with Crippen molar-refractivity contribution >= 4 is 17.3 Å². The lowest BCUT2D eigenvalue weighted by atomic mass is 10.0. The first kappa shape index (κ1) is 18.1. The molecule has 25 heavy (non-hydrogen) atoms. The van der Waals surface area contributed by atoms with E-state index in [9.17, 15) is 25.0 Å². The van der Waals surface area contributed by atoms with Crippen LogP contribution in [0.1, 0.15) is 40.9 Å². The molecule has 2 aromatic rings. The van der Waals surface area contributed by atoms with Crippen molar-refractivity contribution in [2.24, 2.45) is 0 Å². The first-order chi connectivity index (χ1) is 11.8. The van der Waals surface area contributed by atoms with Gasteiger partial charge in [0.25, 0.3) is 17.3 Å². The van der Waals surface area contributed by atoms with Crippen molar-refractivity contribution < 1.29 is 14.6 Å². The van der Waals surface area contributed by atoms with Gasteiger partial charge in [0, 0.05) is 12.1 Å². The van der Waals surface area contributed by atoms with E-state index in [4.69, 9.17) is 0 Å². The molecule has 0 bridgehead atoms. The second-order valence-electron chi connectivity index (χ2n) is 5.60. The lowest BCUT2D eigenvalue weighted by Gasteiger charge is -2.17. The molecule has 1 atom stereocenters. The summed E-state index contributed by atoms with van der Waals surface area (Å²) in [4.78, 5) is 32.8. The SMILES string of the molecule is CCC(NC(=O)c1cc([N+](=O)[O-])cc([N+](=O)[O-])c1)c1ccc(C)cc1. The smallest absolute Gasteiger partial charge is 0.277 e. The Labute approximate surface area is 143 Å². The van der Waals surface area contributed by atoms with Gasteiger partial charge in [0.2, 0.25) is 0 Å². The third kappa shape index (κ3) is 4.37. The van der Waals surface area contributed by atoms with Crippen LogP contribution in [0.25, 0.3) is 0 Å². The van der Waals surface area contributed by atoms with Crippen LogP contribution in [0.15, 0.2) is 42.5 Å². The summed E-state index contributed by atoms with van der Waals surface area (Å²) in [5, 5.41) is 24.6. The summed E-state index contributed by atoms with van der Waals surface area (Å²) in [6, 6.07) is 10.2. The summed E-state index contributed by atoms with van der Waals surface area (Å²) in [6.45, 7) is 3.84. The van der Waals surface area contributed by atoms with E-state index >= 15 is 0 Å². The molecule has 0 aliphatic rings. The van der Waals surface area contributed by atoms with Gasteiger partial charge in [-0.05, 0) is 18.9 Å². The van der Waals surface area contributed by atoms with Crippen LogP contribution in [0.5, 0.6) is 0 Å². The Morgan fingerprint density at radius 1 is 1.04 bits per heavy atom. The molecular formula is C17H17N3O5. The zero-order valence-electron chi connectivity index (χ0n) is 13.8. The van der Waals surface area contributed by atoms with Gasteiger partial charge >= 0.3 is 0 Å². The fourth-order valence-electron chi connectivity index (χ4n) is 2.40. The quantitative estimate of drug-likeness (QED) is 0.634. The molecule has 8 nitrogen and oxygen atoms in total. The first-order valence-corrected chi connectivity index (χ1v) is 7.63. The molecular weight excluding hydrogens is 326 g/mol. The largest absolute Gasteiger partial charge is 0.345 e. The van der Waals surface area contributed by atoms with E-state index in [1.807, 2.05) is 38.1 Å². The molecule has 0 aromatic heterocycles. The van der Waals surface area contributed by atoms with Crippen LogP contribution >= 0.6 is 0 Å². The number of benzene rings is 2. The average molecular weight is 343 g/mol. The van der Waals surface area contributed by atoms with Crippen LogP contribution in [0, 0.1) is 27.2 Å². The van der Waals surface area contributed by atoms with Crippen LogP contribution in [0.4, 0.5) is 11.4 Å². The maximum Gasteiger partial charge on any atom is 0.277 e. The summed E-state index contributed by atoms with van der Waals surface area (Å²) >= 11 is 0. The third-order valence-corrected chi connectivity index (χ3v) is 3.78. The number of hydrogen-bond donors (Lipinski definition) is 1. The fourth-order valence-corrected chi connectivity index (χ4v) is 2.40. The highest BCUT2D eigenvalue weighted by Crippen LogP contribution is 2.24. The van der Waals surface area contributed by atoms with E-state index in [0.29, 0.717) is 6.42 Å². The number of nitro benzene ring substituents is 2. The molecule has 1 amide bonds. The maximum absolute atomic E-state index is 12.4. The molecule has 0 saturated carbocycles. The number of amides is 1. The topological polar surface area (TPSA) is 115 Å². The fraction of sp³-hybridized carbons (Fsp3) is 0.235. The maximum atomic E-state index is 12.4. The minimum absolute atomic E-state index is 0.119. The summed E-state index contributed by atoms with van der Waals surface area (Å²) in [5.41, 5.74) is 0.859. The number of non-ortho nitro benzene ring substituents is 2. The van der Waals surface area contributed by atoms with Crippen LogP contribution < -0.4 is 5.32 Å². The Bertz CT molecular complexity index is 785. The van der Waals surface area contributed by atoms with Crippen molar-refractivity contribution in [3.63, 3.8) is 0 Å². The van der Waals surface area contributed by atoms with Crippen LogP contribution in [-0.2, 0) is 0 Å². The van der Waals surface area contributed by atoms with Gasteiger partial charge in [-0.15, -0.1) is 0 Å². The van der Waals surface area contributed by atoms with Crippen LogP contribution in [0.2, 0.25) is 0 Å². The molecule has 0 aliphatic heterocycles. The number of rotatable bonds is 6. The Morgan fingerprint density at radius 2 is 1.56 bits per heavy atom. The predicted molar refractivity (Wildman–Crippen MR) is 91.4 cm³/mol. The summed E-state index contributed by atoms with van der Waals surface area (Å²) in [6.07, 6.45) is 0.603. The van der Waals surface area contributed by atoms with E-state index in [1.165, 1.54) is 0 Å². The van der Waals surface area contributed by atoms with E-state index in [1.54, 1.807) is 0 Å². The third-order valence-electron chi connectivity index (χ3n) is 3.78. The molecule has 8 heteroatoms.